The average molecular weight is 552 g/mol. The zero-order valence-electron chi connectivity index (χ0n) is 23.2. The Balaban J connectivity index is 1.59. The number of hydrogen-bond acceptors (Lipinski definition) is 1. The second kappa shape index (κ2) is 9.07. The highest BCUT2D eigenvalue weighted by molar-refractivity contribution is 6.22. The molecule has 4 nitrogen and oxygen atoms in total. The minimum Gasteiger partial charge on any atom is -0.309 e. The van der Waals surface area contributed by atoms with E-state index in [-0.39, 0.29) is 5.56 Å². The van der Waals surface area contributed by atoms with Crippen LogP contribution in [0.4, 0.5) is 0 Å². The van der Waals surface area contributed by atoms with Crippen molar-refractivity contribution < 1.29 is 0 Å². The summed E-state index contributed by atoms with van der Waals surface area (Å²) in [7, 11) is 0. The largest absolute Gasteiger partial charge is 0.309 e. The van der Waals surface area contributed by atoms with E-state index in [0.29, 0.717) is 5.39 Å². The van der Waals surface area contributed by atoms with E-state index in [1.807, 2.05) is 65.2 Å². The van der Waals surface area contributed by atoms with Crippen LogP contribution in [0.2, 0.25) is 0 Å². The van der Waals surface area contributed by atoms with Crippen molar-refractivity contribution in [1.29, 1.82) is 0 Å². The number of aromatic nitrogens is 3. The van der Waals surface area contributed by atoms with Gasteiger partial charge in [-0.3, -0.25) is 9.36 Å². The maximum Gasteiger partial charge on any atom is 0.263 e. The summed E-state index contributed by atoms with van der Waals surface area (Å²) in [4.78, 5) is 14.4. The lowest BCUT2D eigenvalue weighted by Gasteiger charge is -2.13. The molecule has 0 N–H and O–H groups in total. The number of rotatable bonds is 3. The van der Waals surface area contributed by atoms with E-state index in [1.54, 1.807) is 0 Å². The molecule has 0 amide bonds. The van der Waals surface area contributed by atoms with Crippen LogP contribution >= 0.6 is 0 Å². The summed E-state index contributed by atoms with van der Waals surface area (Å²) in [5.74, 6) is 0. The lowest BCUT2D eigenvalue weighted by atomic mass is 10.1. The van der Waals surface area contributed by atoms with Gasteiger partial charge < -0.3 is 9.13 Å². The lowest BCUT2D eigenvalue weighted by Crippen LogP contribution is -2.19. The zero-order chi connectivity index (χ0) is 28.5. The van der Waals surface area contributed by atoms with Crippen LogP contribution in [-0.4, -0.2) is 13.7 Å². The predicted octanol–water partition coefficient (Wildman–Crippen LogP) is 9.18. The molecule has 0 spiro atoms. The molecule has 0 atom stereocenters. The van der Waals surface area contributed by atoms with Gasteiger partial charge in [-0.1, -0.05) is 91.0 Å². The van der Waals surface area contributed by atoms with Gasteiger partial charge in [-0.25, -0.2) is 0 Å². The first-order valence-electron chi connectivity index (χ1n) is 14.5. The fraction of sp³-hybridized carbons (Fsp3) is 0. The minimum absolute atomic E-state index is 0.0230. The SMILES string of the molecule is O=c1c2ccccc2c2c(c3cc4c(cc3n2-c2ccccc2)c2ccccc2n4-c2ccccc2)n1-c1ccccc1. The van der Waals surface area contributed by atoms with E-state index in [0.717, 1.165) is 55.4 Å². The molecule has 4 heteroatoms. The Labute approximate surface area is 246 Å². The Morgan fingerprint density at radius 2 is 0.767 bits per heavy atom. The quantitative estimate of drug-likeness (QED) is 0.215. The third-order valence-corrected chi connectivity index (χ3v) is 8.62. The van der Waals surface area contributed by atoms with Gasteiger partial charge >= 0.3 is 0 Å². The monoisotopic (exact) mass is 551 g/mol. The highest BCUT2D eigenvalue weighted by Crippen LogP contribution is 2.41. The van der Waals surface area contributed by atoms with Crippen LogP contribution in [-0.2, 0) is 0 Å². The van der Waals surface area contributed by atoms with Gasteiger partial charge in [-0.2, -0.15) is 0 Å². The highest BCUT2D eigenvalue weighted by atomic mass is 16.1. The summed E-state index contributed by atoms with van der Waals surface area (Å²) in [6, 6.07) is 52.1. The van der Waals surface area contributed by atoms with Crippen LogP contribution in [0.25, 0.3) is 71.6 Å². The zero-order valence-corrected chi connectivity index (χ0v) is 23.2. The first kappa shape index (κ1) is 23.8. The van der Waals surface area contributed by atoms with Crippen molar-refractivity contribution in [2.24, 2.45) is 0 Å². The van der Waals surface area contributed by atoms with Gasteiger partial charge in [0, 0.05) is 44.0 Å². The smallest absolute Gasteiger partial charge is 0.263 e. The average Bonchev–Trinajstić information content (AvgIpc) is 3.58. The van der Waals surface area contributed by atoms with Gasteiger partial charge in [0.2, 0.25) is 0 Å². The number of fused-ring (bicyclic) bond motifs is 8. The first-order valence-corrected chi connectivity index (χ1v) is 14.5. The third-order valence-electron chi connectivity index (χ3n) is 8.62. The van der Waals surface area contributed by atoms with Crippen LogP contribution in [0, 0.1) is 0 Å². The van der Waals surface area contributed by atoms with Crippen molar-refractivity contribution in [1.82, 2.24) is 13.7 Å². The van der Waals surface area contributed by atoms with Gasteiger partial charge in [0.25, 0.3) is 5.56 Å². The molecule has 0 aliphatic rings. The van der Waals surface area contributed by atoms with E-state index >= 15 is 0 Å². The van der Waals surface area contributed by atoms with E-state index in [1.165, 1.54) is 10.8 Å². The van der Waals surface area contributed by atoms with Crippen LogP contribution in [0.5, 0.6) is 0 Å². The maximum absolute atomic E-state index is 14.4. The highest BCUT2D eigenvalue weighted by Gasteiger charge is 2.23. The molecule has 0 unspecified atom stereocenters. The molecule has 0 bridgehead atoms. The van der Waals surface area contributed by atoms with Crippen LogP contribution in [0.1, 0.15) is 0 Å². The van der Waals surface area contributed by atoms with Gasteiger partial charge in [-0.15, -0.1) is 0 Å². The number of pyridine rings is 1. The Morgan fingerprint density at radius 3 is 1.42 bits per heavy atom. The van der Waals surface area contributed by atoms with Crippen molar-refractivity contribution in [3.8, 4) is 17.1 Å². The van der Waals surface area contributed by atoms with E-state index in [2.05, 4.69) is 100 Å². The van der Waals surface area contributed by atoms with Crippen molar-refractivity contribution in [3.63, 3.8) is 0 Å². The third kappa shape index (κ3) is 3.35. The van der Waals surface area contributed by atoms with Crippen LogP contribution in [0.15, 0.2) is 156 Å². The molecule has 0 saturated heterocycles. The van der Waals surface area contributed by atoms with E-state index in [9.17, 15) is 4.79 Å². The van der Waals surface area contributed by atoms with E-state index < -0.39 is 0 Å². The van der Waals surface area contributed by atoms with Gasteiger partial charge in [0.1, 0.15) is 0 Å². The topological polar surface area (TPSA) is 31.9 Å². The van der Waals surface area contributed by atoms with Gasteiger partial charge in [0.15, 0.2) is 0 Å². The summed E-state index contributed by atoms with van der Waals surface area (Å²) in [6.07, 6.45) is 0. The molecular weight excluding hydrogens is 526 g/mol. The number of para-hydroxylation sites is 4. The molecule has 0 fully saturated rings. The Kier molecular flexibility index (Phi) is 5.02. The number of nitrogens with zero attached hydrogens (tertiary/aromatic N) is 3. The van der Waals surface area contributed by atoms with Crippen molar-refractivity contribution in [3.05, 3.63) is 162 Å². The second-order valence-corrected chi connectivity index (χ2v) is 11.0. The predicted molar refractivity (Wildman–Crippen MR) is 178 cm³/mol. The summed E-state index contributed by atoms with van der Waals surface area (Å²) in [5, 5.41) is 5.03. The first-order chi connectivity index (χ1) is 21.3. The van der Waals surface area contributed by atoms with Crippen LogP contribution in [0.3, 0.4) is 0 Å². The van der Waals surface area contributed by atoms with Crippen molar-refractivity contribution in [2.75, 3.05) is 0 Å². The summed E-state index contributed by atoms with van der Waals surface area (Å²) in [6.45, 7) is 0. The van der Waals surface area contributed by atoms with E-state index in [4.69, 9.17) is 0 Å². The number of hydrogen-bond donors (Lipinski definition) is 0. The minimum atomic E-state index is -0.0230. The molecular formula is C39H25N3O. The molecule has 3 aromatic heterocycles. The maximum atomic E-state index is 14.4. The van der Waals surface area contributed by atoms with Crippen molar-refractivity contribution >= 4 is 54.5 Å². The standard InChI is InChI=1S/C39H25N3O/c43-39-31-22-11-10-21-30(31)37-38(42(39)28-18-8-3-9-19-28)33-25-35-32(24-36(33)41(37)27-16-6-2-7-17-27)29-20-12-13-23-34(29)40(35)26-14-4-1-5-15-26/h1-25H. The molecule has 0 radical (unpaired) electrons. The molecule has 0 aliphatic carbocycles. The van der Waals surface area contributed by atoms with Gasteiger partial charge in [-0.05, 0) is 60.7 Å². The molecule has 3 heterocycles. The Morgan fingerprint density at radius 1 is 0.326 bits per heavy atom. The molecule has 9 rings (SSSR count). The van der Waals surface area contributed by atoms with Gasteiger partial charge in [0.05, 0.1) is 27.6 Å². The fourth-order valence-electron chi connectivity index (χ4n) is 6.83. The molecule has 0 aliphatic heterocycles. The molecule has 43 heavy (non-hydrogen) atoms. The Bertz CT molecular complexity index is 2560. The summed E-state index contributed by atoms with van der Waals surface area (Å²) >= 11 is 0. The van der Waals surface area contributed by atoms with Crippen molar-refractivity contribution in [2.45, 2.75) is 0 Å². The molecule has 9 aromatic rings. The Hall–Kier alpha value is -5.87. The second-order valence-electron chi connectivity index (χ2n) is 11.0. The number of benzene rings is 6. The summed E-state index contributed by atoms with van der Waals surface area (Å²) in [5.41, 5.74) is 8.21. The summed E-state index contributed by atoms with van der Waals surface area (Å²) < 4.78 is 6.57. The normalized spacial score (nSPS) is 11.8. The molecule has 202 valence electrons. The molecule has 0 saturated carbocycles. The lowest BCUT2D eigenvalue weighted by molar-refractivity contribution is 1.06. The molecule has 6 aromatic carbocycles. The van der Waals surface area contributed by atoms with Crippen LogP contribution < -0.4 is 5.56 Å². The fourth-order valence-corrected chi connectivity index (χ4v) is 6.83.